The minimum absolute atomic E-state index is 0.0597. The van der Waals surface area contributed by atoms with Gasteiger partial charge in [0.2, 0.25) is 0 Å². The highest BCUT2D eigenvalue weighted by Crippen LogP contribution is 2.56. The van der Waals surface area contributed by atoms with Gasteiger partial charge in [0.05, 0.1) is 12.6 Å². The summed E-state index contributed by atoms with van der Waals surface area (Å²) in [5.74, 6) is -0.794. The summed E-state index contributed by atoms with van der Waals surface area (Å²) in [5, 5.41) is 13.0. The number of hydrogen-bond donors (Lipinski definition) is 1. The monoisotopic (exact) mass is 375 g/mol. The van der Waals surface area contributed by atoms with Crippen molar-refractivity contribution in [2.45, 2.75) is 13.3 Å². The minimum Gasteiger partial charge on any atom is -0.481 e. The second-order valence-electron chi connectivity index (χ2n) is 6.62. The van der Waals surface area contributed by atoms with Gasteiger partial charge in [-0.2, -0.15) is 0 Å². The van der Waals surface area contributed by atoms with Gasteiger partial charge >= 0.3 is 5.97 Å². The topological polar surface area (TPSA) is 37.3 Å². The molecule has 2 nitrogen and oxygen atoms in total. The maximum atomic E-state index is 11.0. The Morgan fingerprint density at radius 3 is 1.48 bits per heavy atom. The van der Waals surface area contributed by atoms with Crippen LogP contribution >= 0.6 is 7.26 Å². The summed E-state index contributed by atoms with van der Waals surface area (Å²) in [5.41, 5.74) is 1.11. The van der Waals surface area contributed by atoms with Gasteiger partial charge in [-0.05, 0) is 48.9 Å². The van der Waals surface area contributed by atoms with Gasteiger partial charge in [-0.1, -0.05) is 60.7 Å². The van der Waals surface area contributed by atoms with Crippen molar-refractivity contribution in [1.82, 2.24) is 0 Å². The van der Waals surface area contributed by atoms with E-state index >= 15 is 0 Å². The van der Waals surface area contributed by atoms with Crippen LogP contribution in [0.5, 0.6) is 0 Å². The number of carboxylic acid groups (broad SMARTS) is 1. The predicted octanol–water partition coefficient (Wildman–Crippen LogP) is 4.40. The molecule has 0 aliphatic rings. The van der Waals surface area contributed by atoms with Crippen molar-refractivity contribution in [3.8, 4) is 0 Å². The largest absolute Gasteiger partial charge is 0.481 e. The summed E-state index contributed by atoms with van der Waals surface area (Å²) in [7, 11) is -1.93. The number of allylic oxidation sites excluding steroid dienone is 1. The molecule has 1 N–H and O–H groups in total. The van der Waals surface area contributed by atoms with E-state index in [2.05, 4.69) is 72.8 Å². The molecule has 3 aromatic carbocycles. The van der Waals surface area contributed by atoms with Gasteiger partial charge in [0.15, 0.2) is 0 Å². The fraction of sp³-hybridized carbons (Fsp3) is 0.125. The Labute approximate surface area is 161 Å². The lowest BCUT2D eigenvalue weighted by Gasteiger charge is -2.28. The molecular formula is C24H24O2P+. The lowest BCUT2D eigenvalue weighted by Crippen LogP contribution is -2.33. The molecule has 0 aliphatic carbocycles. The van der Waals surface area contributed by atoms with E-state index in [1.807, 2.05) is 31.2 Å². The van der Waals surface area contributed by atoms with Crippen molar-refractivity contribution in [1.29, 1.82) is 0 Å². The quantitative estimate of drug-likeness (QED) is 0.491. The van der Waals surface area contributed by atoms with Crippen LogP contribution in [0.25, 0.3) is 0 Å². The van der Waals surface area contributed by atoms with Crippen LogP contribution in [0.15, 0.2) is 103 Å². The number of hydrogen-bond acceptors (Lipinski definition) is 1. The summed E-state index contributed by atoms with van der Waals surface area (Å²) >= 11 is 0. The number of carbonyl (C=O) groups is 1. The van der Waals surface area contributed by atoms with Crippen molar-refractivity contribution in [3.05, 3.63) is 103 Å². The van der Waals surface area contributed by atoms with Crippen LogP contribution in [0.4, 0.5) is 0 Å². The third-order valence-electron chi connectivity index (χ3n) is 4.70. The summed E-state index contributed by atoms with van der Waals surface area (Å²) in [6.07, 6.45) is 2.74. The maximum Gasteiger partial charge on any atom is 0.307 e. The lowest BCUT2D eigenvalue weighted by molar-refractivity contribution is -0.136. The average molecular weight is 375 g/mol. The smallest absolute Gasteiger partial charge is 0.307 e. The SMILES string of the molecule is CC(=CCC(=O)O)C[P+](c1ccccc1)(c1ccccc1)c1ccccc1. The van der Waals surface area contributed by atoms with Crippen molar-refractivity contribution >= 4 is 29.1 Å². The van der Waals surface area contributed by atoms with Gasteiger partial charge in [0.1, 0.15) is 23.2 Å². The molecule has 0 atom stereocenters. The molecule has 0 spiro atoms. The molecule has 0 amide bonds. The highest BCUT2D eigenvalue weighted by Gasteiger charge is 2.45. The molecule has 27 heavy (non-hydrogen) atoms. The van der Waals surface area contributed by atoms with E-state index in [1.165, 1.54) is 15.9 Å². The molecule has 0 heterocycles. The standard InChI is InChI=1S/C24H23O2P/c1-20(17-18-24(25)26)19-27(21-11-5-2-6-12-21,22-13-7-3-8-14-22)23-15-9-4-10-16-23/h2-17H,18-19H2,1H3/p+1. The number of aliphatic carboxylic acids is 1. The fourth-order valence-corrected chi connectivity index (χ4v) is 7.83. The van der Waals surface area contributed by atoms with Gasteiger partial charge in [-0.15, -0.1) is 0 Å². The number of rotatable bonds is 7. The Morgan fingerprint density at radius 1 is 0.778 bits per heavy atom. The van der Waals surface area contributed by atoms with E-state index < -0.39 is 13.2 Å². The van der Waals surface area contributed by atoms with E-state index in [-0.39, 0.29) is 6.42 Å². The first kappa shape index (κ1) is 19.1. The fourth-order valence-electron chi connectivity index (χ4n) is 3.47. The van der Waals surface area contributed by atoms with E-state index in [0.717, 1.165) is 11.7 Å². The normalized spacial score (nSPS) is 12.0. The van der Waals surface area contributed by atoms with Crippen LogP contribution in [0, 0.1) is 0 Å². The predicted molar refractivity (Wildman–Crippen MR) is 116 cm³/mol. The molecule has 3 rings (SSSR count). The maximum absolute atomic E-state index is 11.0. The van der Waals surface area contributed by atoms with Crippen LogP contribution < -0.4 is 15.9 Å². The Balaban J connectivity index is 2.23. The Morgan fingerprint density at radius 2 is 1.15 bits per heavy atom. The van der Waals surface area contributed by atoms with Crippen molar-refractivity contribution in [2.75, 3.05) is 6.16 Å². The first-order chi connectivity index (χ1) is 13.1. The Hall–Kier alpha value is -2.70. The Kier molecular flexibility index (Phi) is 6.21. The number of benzene rings is 3. The van der Waals surface area contributed by atoms with Crippen molar-refractivity contribution in [3.63, 3.8) is 0 Å². The molecule has 0 saturated carbocycles. The van der Waals surface area contributed by atoms with Crippen LogP contribution in [-0.2, 0) is 4.79 Å². The van der Waals surface area contributed by atoms with Crippen LogP contribution in [0.1, 0.15) is 13.3 Å². The minimum atomic E-state index is -1.93. The average Bonchev–Trinajstić information content (AvgIpc) is 2.72. The third kappa shape index (κ3) is 4.35. The first-order valence-electron chi connectivity index (χ1n) is 9.05. The molecule has 0 unspecified atom stereocenters. The van der Waals surface area contributed by atoms with Gasteiger partial charge in [-0.3, -0.25) is 4.79 Å². The molecule has 0 saturated heterocycles. The van der Waals surface area contributed by atoms with Crippen molar-refractivity contribution < 1.29 is 9.90 Å². The molecule has 0 radical (unpaired) electrons. The molecule has 0 fully saturated rings. The van der Waals surface area contributed by atoms with E-state index in [1.54, 1.807) is 0 Å². The molecule has 136 valence electrons. The summed E-state index contributed by atoms with van der Waals surface area (Å²) < 4.78 is 0. The zero-order chi connectivity index (χ0) is 19.1. The first-order valence-corrected chi connectivity index (χ1v) is 11.0. The molecule has 3 heteroatoms. The third-order valence-corrected chi connectivity index (χ3v) is 9.21. The second kappa shape index (κ2) is 8.79. The molecule has 3 aromatic rings. The van der Waals surface area contributed by atoms with Gasteiger partial charge in [0, 0.05) is 0 Å². The molecule has 0 bridgehead atoms. The van der Waals surface area contributed by atoms with Crippen LogP contribution in [0.2, 0.25) is 0 Å². The summed E-state index contributed by atoms with van der Waals surface area (Å²) in [6.45, 7) is 2.05. The van der Waals surface area contributed by atoms with Gasteiger partial charge < -0.3 is 5.11 Å². The molecular weight excluding hydrogens is 351 g/mol. The molecule has 0 aromatic heterocycles. The molecule has 0 aliphatic heterocycles. The van der Waals surface area contributed by atoms with Crippen molar-refractivity contribution in [2.24, 2.45) is 0 Å². The van der Waals surface area contributed by atoms with Gasteiger partial charge in [0.25, 0.3) is 0 Å². The summed E-state index contributed by atoms with van der Waals surface area (Å²) in [4.78, 5) is 11.0. The number of carboxylic acids is 1. The van der Waals surface area contributed by atoms with E-state index in [9.17, 15) is 4.79 Å². The lowest BCUT2D eigenvalue weighted by atomic mass is 10.3. The van der Waals surface area contributed by atoms with Crippen LogP contribution in [-0.4, -0.2) is 17.2 Å². The van der Waals surface area contributed by atoms with Gasteiger partial charge in [-0.25, -0.2) is 0 Å². The van der Waals surface area contributed by atoms with E-state index in [0.29, 0.717) is 0 Å². The highest BCUT2D eigenvalue weighted by atomic mass is 31.2. The second-order valence-corrected chi connectivity index (χ2v) is 10.1. The summed E-state index contributed by atoms with van der Waals surface area (Å²) in [6, 6.07) is 31.9. The highest BCUT2D eigenvalue weighted by molar-refractivity contribution is 7.95. The zero-order valence-electron chi connectivity index (χ0n) is 15.5. The van der Waals surface area contributed by atoms with Crippen LogP contribution in [0.3, 0.4) is 0 Å². The zero-order valence-corrected chi connectivity index (χ0v) is 16.3. The Bertz CT molecular complexity index is 806. The van der Waals surface area contributed by atoms with E-state index in [4.69, 9.17) is 5.11 Å².